The highest BCUT2D eigenvalue weighted by Gasteiger charge is 2.39. The van der Waals surface area contributed by atoms with Crippen LogP contribution in [0.15, 0.2) is 24.3 Å². The monoisotopic (exact) mass is 302 g/mol. The van der Waals surface area contributed by atoms with E-state index in [-0.39, 0.29) is 6.54 Å². The van der Waals surface area contributed by atoms with E-state index in [4.69, 9.17) is 5.11 Å². The largest absolute Gasteiger partial charge is 0.481 e. The molecule has 1 aromatic carbocycles. The summed E-state index contributed by atoms with van der Waals surface area (Å²) in [5.41, 5.74) is 0.766. The summed E-state index contributed by atoms with van der Waals surface area (Å²) in [6, 6.07) is 5.45. The van der Waals surface area contributed by atoms with Gasteiger partial charge in [-0.05, 0) is 11.6 Å². The molecule has 1 aromatic rings. The van der Waals surface area contributed by atoms with E-state index in [0.717, 1.165) is 11.9 Å². The van der Waals surface area contributed by atoms with Crippen molar-refractivity contribution < 1.29 is 27.9 Å². The molecule has 0 aliphatic carbocycles. The van der Waals surface area contributed by atoms with E-state index >= 15 is 0 Å². The van der Waals surface area contributed by atoms with Gasteiger partial charge in [0, 0.05) is 19.3 Å². The molecule has 0 aromatic heterocycles. The highest BCUT2D eigenvalue weighted by Crippen LogP contribution is 2.36. The maximum atomic E-state index is 12.3. The Morgan fingerprint density at radius 3 is 2.57 bits per heavy atom. The van der Waals surface area contributed by atoms with E-state index in [1.54, 1.807) is 18.2 Å². The highest BCUT2D eigenvalue weighted by atomic mass is 19.4. The van der Waals surface area contributed by atoms with Crippen molar-refractivity contribution in [2.45, 2.75) is 12.1 Å². The van der Waals surface area contributed by atoms with Crippen LogP contribution in [0.4, 0.5) is 23.7 Å². The molecule has 0 saturated heterocycles. The molecule has 1 aliphatic rings. The van der Waals surface area contributed by atoms with Crippen LogP contribution in [0.5, 0.6) is 0 Å². The number of halogens is 3. The quantitative estimate of drug-likeness (QED) is 0.912. The average Bonchev–Trinajstić information content (AvgIpc) is 2.75. The number of aliphatic carboxylic acids is 1. The van der Waals surface area contributed by atoms with E-state index in [9.17, 15) is 22.8 Å². The molecular weight excluding hydrogens is 289 g/mol. The van der Waals surface area contributed by atoms with Crippen molar-refractivity contribution in [2.75, 3.05) is 25.0 Å². The Kier molecular flexibility index (Phi) is 3.80. The Bertz CT molecular complexity index is 574. The number of carbonyl (C=O) groups is 2. The number of urea groups is 1. The third kappa shape index (κ3) is 3.09. The Morgan fingerprint density at radius 2 is 2.00 bits per heavy atom. The zero-order valence-electron chi connectivity index (χ0n) is 11.1. The van der Waals surface area contributed by atoms with Crippen LogP contribution in [-0.4, -0.2) is 48.3 Å². The fourth-order valence-corrected chi connectivity index (χ4v) is 2.34. The van der Waals surface area contributed by atoms with Crippen molar-refractivity contribution in [3.05, 3.63) is 29.8 Å². The number of carboxylic acid groups (broad SMARTS) is 1. The van der Waals surface area contributed by atoms with Gasteiger partial charge in [-0.25, -0.2) is 4.79 Å². The second-order valence-corrected chi connectivity index (χ2v) is 4.81. The third-order valence-electron chi connectivity index (χ3n) is 3.24. The number of alkyl halides is 3. The summed E-state index contributed by atoms with van der Waals surface area (Å²) >= 11 is 0. The zero-order valence-corrected chi connectivity index (χ0v) is 11.1. The maximum absolute atomic E-state index is 12.3. The lowest BCUT2D eigenvalue weighted by Crippen LogP contribution is -2.44. The van der Waals surface area contributed by atoms with E-state index in [2.05, 4.69) is 0 Å². The number of rotatable bonds is 2. The summed E-state index contributed by atoms with van der Waals surface area (Å²) in [4.78, 5) is 24.9. The van der Waals surface area contributed by atoms with Crippen molar-refractivity contribution >= 4 is 17.7 Å². The van der Waals surface area contributed by atoms with Gasteiger partial charge in [-0.15, -0.1) is 0 Å². The minimum atomic E-state index is -4.50. The van der Waals surface area contributed by atoms with E-state index in [1.807, 2.05) is 0 Å². The molecule has 1 heterocycles. The van der Waals surface area contributed by atoms with Gasteiger partial charge in [-0.3, -0.25) is 9.69 Å². The molecule has 0 saturated carbocycles. The number of amides is 2. The molecule has 0 fully saturated rings. The van der Waals surface area contributed by atoms with Crippen LogP contribution in [0, 0.1) is 0 Å². The number of hydrogen-bond acceptors (Lipinski definition) is 2. The lowest BCUT2D eigenvalue weighted by atomic mass is 10.0. The van der Waals surface area contributed by atoms with E-state index < -0.39 is 30.6 Å². The number of para-hydroxylation sites is 1. The van der Waals surface area contributed by atoms with E-state index in [1.165, 1.54) is 6.07 Å². The van der Waals surface area contributed by atoms with Crippen molar-refractivity contribution in [2.24, 2.45) is 0 Å². The first-order valence-corrected chi connectivity index (χ1v) is 6.12. The van der Waals surface area contributed by atoms with Gasteiger partial charge in [0.05, 0.1) is 0 Å². The molecular formula is C13H13F3N2O3. The number of benzene rings is 1. The Balaban J connectivity index is 2.26. The minimum Gasteiger partial charge on any atom is -0.481 e. The van der Waals surface area contributed by atoms with Crippen LogP contribution in [-0.2, 0) is 4.79 Å². The van der Waals surface area contributed by atoms with Crippen LogP contribution >= 0.6 is 0 Å². The van der Waals surface area contributed by atoms with Gasteiger partial charge in [0.1, 0.15) is 12.5 Å². The lowest BCUT2D eigenvalue weighted by Gasteiger charge is -2.26. The zero-order chi connectivity index (χ0) is 15.8. The topological polar surface area (TPSA) is 60.9 Å². The molecule has 0 radical (unpaired) electrons. The Labute approximate surface area is 118 Å². The molecule has 0 bridgehead atoms. The highest BCUT2D eigenvalue weighted by molar-refractivity contribution is 5.97. The van der Waals surface area contributed by atoms with Gasteiger partial charge >= 0.3 is 18.2 Å². The molecule has 1 unspecified atom stereocenters. The average molecular weight is 302 g/mol. The summed E-state index contributed by atoms with van der Waals surface area (Å²) in [6.45, 7) is -1.56. The number of hydrogen-bond donors (Lipinski definition) is 1. The lowest BCUT2D eigenvalue weighted by molar-refractivity contribution is -0.139. The molecule has 2 amide bonds. The van der Waals surface area contributed by atoms with Crippen LogP contribution in [0.25, 0.3) is 0 Å². The van der Waals surface area contributed by atoms with Gasteiger partial charge in [0.2, 0.25) is 0 Å². The van der Waals surface area contributed by atoms with Gasteiger partial charge in [0.15, 0.2) is 0 Å². The third-order valence-corrected chi connectivity index (χ3v) is 3.24. The first-order valence-electron chi connectivity index (χ1n) is 6.12. The predicted octanol–water partition coefficient (Wildman–Crippen LogP) is 2.29. The standard InChI is InChI=1S/C13H13F3N2O3/c1-17(7-13(14,15)16)12(21)18-6-9(11(19)20)8-4-2-3-5-10(8)18/h2-5,9H,6-7H2,1H3,(H,19,20). The Morgan fingerprint density at radius 1 is 1.38 bits per heavy atom. The summed E-state index contributed by atoms with van der Waals surface area (Å²) < 4.78 is 37.0. The van der Waals surface area contributed by atoms with Gasteiger partial charge in [-0.2, -0.15) is 13.2 Å². The summed E-state index contributed by atoms with van der Waals surface area (Å²) in [5, 5.41) is 9.15. The second-order valence-electron chi connectivity index (χ2n) is 4.81. The first kappa shape index (κ1) is 15.1. The molecule has 21 heavy (non-hydrogen) atoms. The summed E-state index contributed by atoms with van der Waals surface area (Å²) in [6.07, 6.45) is -4.50. The summed E-state index contributed by atoms with van der Waals surface area (Å²) in [7, 11) is 1.03. The number of carbonyl (C=O) groups excluding carboxylic acids is 1. The maximum Gasteiger partial charge on any atom is 0.406 e. The molecule has 8 heteroatoms. The number of fused-ring (bicyclic) bond motifs is 1. The van der Waals surface area contributed by atoms with Crippen molar-refractivity contribution in [1.29, 1.82) is 0 Å². The van der Waals surface area contributed by atoms with Crippen LogP contribution < -0.4 is 4.90 Å². The smallest absolute Gasteiger partial charge is 0.406 e. The Hall–Kier alpha value is -2.25. The van der Waals surface area contributed by atoms with E-state index in [0.29, 0.717) is 16.2 Å². The SMILES string of the molecule is CN(CC(F)(F)F)C(=O)N1CC(C(=O)O)c2ccccc21. The predicted molar refractivity (Wildman–Crippen MR) is 68.2 cm³/mol. The fourth-order valence-electron chi connectivity index (χ4n) is 2.34. The molecule has 1 aliphatic heterocycles. The van der Waals surface area contributed by atoms with Crippen LogP contribution in [0.1, 0.15) is 11.5 Å². The van der Waals surface area contributed by atoms with Gasteiger partial charge < -0.3 is 10.0 Å². The number of carboxylic acids is 1. The van der Waals surface area contributed by atoms with Crippen molar-refractivity contribution in [3.8, 4) is 0 Å². The van der Waals surface area contributed by atoms with Crippen LogP contribution in [0.2, 0.25) is 0 Å². The number of anilines is 1. The summed E-state index contributed by atoms with van der Waals surface area (Å²) in [5.74, 6) is -2.04. The first-order chi connectivity index (χ1) is 9.70. The van der Waals surface area contributed by atoms with Crippen LogP contribution in [0.3, 0.4) is 0 Å². The van der Waals surface area contributed by atoms with Crippen molar-refractivity contribution in [1.82, 2.24) is 4.90 Å². The molecule has 5 nitrogen and oxygen atoms in total. The molecule has 1 atom stereocenters. The normalized spacial score (nSPS) is 17.5. The molecule has 2 rings (SSSR count). The molecule has 114 valence electrons. The molecule has 0 spiro atoms. The van der Waals surface area contributed by atoms with Gasteiger partial charge in [0.25, 0.3) is 0 Å². The molecule has 1 N–H and O–H groups in total. The fraction of sp³-hybridized carbons (Fsp3) is 0.385. The second kappa shape index (κ2) is 5.27. The van der Waals surface area contributed by atoms with Crippen molar-refractivity contribution in [3.63, 3.8) is 0 Å². The number of nitrogens with zero attached hydrogens (tertiary/aromatic N) is 2. The van der Waals surface area contributed by atoms with Gasteiger partial charge in [-0.1, -0.05) is 18.2 Å². The minimum absolute atomic E-state index is 0.171.